The van der Waals surface area contributed by atoms with Gasteiger partial charge in [0.15, 0.2) is 5.96 Å². The molecule has 2 atom stereocenters. The zero-order valence-electron chi connectivity index (χ0n) is 16.8. The van der Waals surface area contributed by atoms with E-state index < -0.39 is 0 Å². The summed E-state index contributed by atoms with van der Waals surface area (Å²) in [5.74, 6) is 1.01. The highest BCUT2D eigenvalue weighted by molar-refractivity contribution is 5.80. The number of nitrogens with zero attached hydrogens (tertiary/aromatic N) is 2. The summed E-state index contributed by atoms with van der Waals surface area (Å²) in [6.45, 7) is 4.86. The van der Waals surface area contributed by atoms with Gasteiger partial charge in [-0.2, -0.15) is 0 Å². The molecule has 0 radical (unpaired) electrons. The first kappa shape index (κ1) is 20.6. The molecule has 1 aromatic carbocycles. The Kier molecular flexibility index (Phi) is 7.25. The summed E-state index contributed by atoms with van der Waals surface area (Å²) in [6.07, 6.45) is 4.00. The Balaban J connectivity index is 1.45. The molecule has 28 heavy (non-hydrogen) atoms. The molecule has 1 saturated carbocycles. The molecule has 0 aromatic heterocycles. The van der Waals surface area contributed by atoms with Crippen LogP contribution in [0.15, 0.2) is 29.3 Å². The van der Waals surface area contributed by atoms with Crippen molar-refractivity contribution in [2.45, 2.75) is 44.8 Å². The Morgan fingerprint density at radius 1 is 1.21 bits per heavy atom. The van der Waals surface area contributed by atoms with E-state index in [1.165, 1.54) is 18.6 Å². The maximum absolute atomic E-state index is 13.2. The molecule has 1 saturated heterocycles. The first-order valence-corrected chi connectivity index (χ1v) is 10.2. The van der Waals surface area contributed by atoms with Gasteiger partial charge in [-0.15, -0.1) is 0 Å². The second-order valence-electron chi connectivity index (χ2n) is 7.64. The number of amides is 1. The highest BCUT2D eigenvalue weighted by atomic mass is 19.1. The van der Waals surface area contributed by atoms with E-state index in [4.69, 9.17) is 4.74 Å². The van der Waals surface area contributed by atoms with Gasteiger partial charge in [0.25, 0.3) is 0 Å². The summed E-state index contributed by atoms with van der Waals surface area (Å²) < 4.78 is 19.3. The van der Waals surface area contributed by atoms with Gasteiger partial charge in [-0.25, -0.2) is 4.39 Å². The quantitative estimate of drug-likeness (QED) is 0.445. The van der Waals surface area contributed by atoms with Crippen molar-refractivity contribution in [2.24, 2.45) is 10.9 Å². The van der Waals surface area contributed by atoms with Gasteiger partial charge in [0.2, 0.25) is 5.91 Å². The fraction of sp³-hybridized carbons (Fsp3) is 0.619. The zero-order valence-corrected chi connectivity index (χ0v) is 16.8. The van der Waals surface area contributed by atoms with Crippen molar-refractivity contribution >= 4 is 11.9 Å². The van der Waals surface area contributed by atoms with E-state index in [0.717, 1.165) is 43.9 Å². The molecule has 2 N–H and O–H groups in total. The number of guanidine groups is 1. The second kappa shape index (κ2) is 9.87. The lowest BCUT2D eigenvalue weighted by Crippen LogP contribution is -2.51. The monoisotopic (exact) mass is 390 g/mol. The van der Waals surface area contributed by atoms with Crippen LogP contribution in [0.2, 0.25) is 0 Å². The second-order valence-corrected chi connectivity index (χ2v) is 7.64. The molecule has 2 aliphatic rings. The van der Waals surface area contributed by atoms with Crippen molar-refractivity contribution in [2.75, 3.05) is 33.2 Å². The minimum Gasteiger partial charge on any atom is -0.367 e. The van der Waals surface area contributed by atoms with Crippen LogP contribution in [0.5, 0.6) is 0 Å². The lowest BCUT2D eigenvalue weighted by molar-refractivity contribution is -0.127. The number of aliphatic imine (C=N–C) groups is 1. The number of halogens is 1. The van der Waals surface area contributed by atoms with Gasteiger partial charge in [0.05, 0.1) is 12.6 Å². The highest BCUT2D eigenvalue weighted by Gasteiger charge is 2.28. The van der Waals surface area contributed by atoms with Crippen LogP contribution in [0.25, 0.3) is 0 Å². The van der Waals surface area contributed by atoms with E-state index in [1.807, 2.05) is 6.92 Å². The van der Waals surface area contributed by atoms with Crippen LogP contribution in [0.4, 0.5) is 4.39 Å². The van der Waals surface area contributed by atoms with Gasteiger partial charge in [-0.3, -0.25) is 9.79 Å². The van der Waals surface area contributed by atoms with E-state index in [-0.39, 0.29) is 29.9 Å². The minimum absolute atomic E-state index is 0.0455. The molecule has 1 aliphatic heterocycles. The van der Waals surface area contributed by atoms with Crippen molar-refractivity contribution < 1.29 is 13.9 Å². The van der Waals surface area contributed by atoms with Crippen molar-refractivity contribution in [1.29, 1.82) is 0 Å². The Labute approximate surface area is 166 Å². The van der Waals surface area contributed by atoms with Gasteiger partial charge < -0.3 is 20.3 Å². The van der Waals surface area contributed by atoms with Crippen LogP contribution in [0.3, 0.4) is 0 Å². The number of carbonyl (C=O) groups is 1. The Morgan fingerprint density at radius 3 is 2.57 bits per heavy atom. The maximum Gasteiger partial charge on any atom is 0.223 e. The molecule has 1 aliphatic carbocycles. The highest BCUT2D eigenvalue weighted by Crippen LogP contribution is 2.26. The lowest BCUT2D eigenvalue weighted by atomic mass is 9.85. The summed E-state index contributed by atoms with van der Waals surface area (Å²) in [7, 11) is 1.77. The smallest absolute Gasteiger partial charge is 0.223 e. The number of nitrogens with one attached hydrogen (secondary N) is 2. The van der Waals surface area contributed by atoms with Crippen molar-refractivity contribution in [3.63, 3.8) is 0 Å². The van der Waals surface area contributed by atoms with Crippen LogP contribution in [0.1, 0.15) is 44.3 Å². The maximum atomic E-state index is 13.2. The molecular formula is C21H31FN4O2. The molecular weight excluding hydrogens is 359 g/mol. The zero-order chi connectivity index (χ0) is 19.9. The van der Waals surface area contributed by atoms with E-state index >= 15 is 0 Å². The van der Waals surface area contributed by atoms with Crippen LogP contribution >= 0.6 is 0 Å². The van der Waals surface area contributed by atoms with Crippen LogP contribution in [-0.4, -0.2) is 56.1 Å². The topological polar surface area (TPSA) is 66.0 Å². The Hall–Kier alpha value is -2.15. The average molecular weight is 391 g/mol. The number of hydrogen-bond donors (Lipinski definition) is 2. The van der Waals surface area contributed by atoms with Crippen molar-refractivity contribution in [1.82, 2.24) is 15.5 Å². The van der Waals surface area contributed by atoms with Gasteiger partial charge >= 0.3 is 0 Å². The number of carbonyl (C=O) groups excluding carboxylic acids is 1. The predicted molar refractivity (Wildman–Crippen MR) is 108 cm³/mol. The molecule has 6 nitrogen and oxygen atoms in total. The fourth-order valence-electron chi connectivity index (χ4n) is 3.63. The fourth-order valence-corrected chi connectivity index (χ4v) is 3.63. The summed E-state index contributed by atoms with van der Waals surface area (Å²) in [6, 6.07) is 6.48. The van der Waals surface area contributed by atoms with Crippen LogP contribution in [0, 0.1) is 11.7 Å². The summed E-state index contributed by atoms with van der Waals surface area (Å²) in [5.41, 5.74) is 0.965. The third-order valence-corrected chi connectivity index (χ3v) is 5.43. The molecule has 3 rings (SSSR count). The van der Waals surface area contributed by atoms with E-state index in [9.17, 15) is 9.18 Å². The van der Waals surface area contributed by atoms with Gasteiger partial charge in [-0.05, 0) is 43.9 Å². The standard InChI is InChI=1S/C21H31FN4O2/c1-15-13-26(14-19(28-15)16-7-9-18(22)10-8-16)21(23-2)25-12-4-11-24-20(27)17-5-3-6-17/h7-10,15,17,19H,3-6,11-14H2,1-2H3,(H,23,25)(H,24,27). The van der Waals surface area contributed by atoms with Gasteiger partial charge in [-0.1, -0.05) is 18.6 Å². The van der Waals surface area contributed by atoms with Crippen LogP contribution < -0.4 is 10.6 Å². The van der Waals surface area contributed by atoms with E-state index in [0.29, 0.717) is 13.1 Å². The SMILES string of the molecule is CN=C(NCCCNC(=O)C1CCC1)N1CC(C)OC(c2ccc(F)cc2)C1. The number of morpholine rings is 1. The molecule has 0 spiro atoms. The number of rotatable bonds is 6. The first-order chi connectivity index (χ1) is 13.6. The Bertz CT molecular complexity index is 675. The first-order valence-electron chi connectivity index (χ1n) is 10.2. The van der Waals surface area contributed by atoms with E-state index in [1.54, 1.807) is 19.2 Å². The molecule has 2 unspecified atom stereocenters. The molecule has 154 valence electrons. The third kappa shape index (κ3) is 5.44. The lowest BCUT2D eigenvalue weighted by Gasteiger charge is -2.38. The molecule has 0 bridgehead atoms. The third-order valence-electron chi connectivity index (χ3n) is 5.43. The molecule has 1 amide bonds. The molecule has 1 aromatic rings. The van der Waals surface area contributed by atoms with E-state index in [2.05, 4.69) is 20.5 Å². The normalized spacial score (nSPS) is 23.2. The molecule has 2 fully saturated rings. The summed E-state index contributed by atoms with van der Waals surface area (Å²) in [5, 5.41) is 6.39. The average Bonchev–Trinajstić information content (AvgIpc) is 2.63. The van der Waals surface area contributed by atoms with Crippen molar-refractivity contribution in [3.05, 3.63) is 35.6 Å². The largest absolute Gasteiger partial charge is 0.367 e. The van der Waals surface area contributed by atoms with Gasteiger partial charge in [0.1, 0.15) is 11.9 Å². The summed E-state index contributed by atoms with van der Waals surface area (Å²) in [4.78, 5) is 18.4. The Morgan fingerprint density at radius 2 is 1.93 bits per heavy atom. The number of benzene rings is 1. The van der Waals surface area contributed by atoms with Gasteiger partial charge in [0, 0.05) is 32.6 Å². The molecule has 1 heterocycles. The van der Waals surface area contributed by atoms with Crippen LogP contribution in [-0.2, 0) is 9.53 Å². The minimum atomic E-state index is -0.244. The number of ether oxygens (including phenoxy) is 1. The summed E-state index contributed by atoms with van der Waals surface area (Å²) >= 11 is 0. The number of hydrogen-bond acceptors (Lipinski definition) is 3. The predicted octanol–water partition coefficient (Wildman–Crippen LogP) is 2.47. The molecule has 7 heteroatoms. The van der Waals surface area contributed by atoms with Crippen molar-refractivity contribution in [3.8, 4) is 0 Å².